The second kappa shape index (κ2) is 7.14. The summed E-state index contributed by atoms with van der Waals surface area (Å²) in [6, 6.07) is 13.0. The molecule has 0 fully saturated rings. The lowest BCUT2D eigenvalue weighted by molar-refractivity contribution is -0.114. The third kappa shape index (κ3) is 3.91. The molecular formula is C17H16ClN5O. The Hall–Kier alpha value is -2.86. The highest BCUT2D eigenvalue weighted by Gasteiger charge is 2.10. The number of rotatable bonds is 5. The highest BCUT2D eigenvalue weighted by molar-refractivity contribution is 6.31. The summed E-state index contributed by atoms with van der Waals surface area (Å²) < 4.78 is 1.57. The second-order valence-corrected chi connectivity index (χ2v) is 5.71. The predicted octanol–water partition coefficient (Wildman–Crippen LogP) is 3.28. The van der Waals surface area contributed by atoms with Gasteiger partial charge >= 0.3 is 0 Å². The van der Waals surface area contributed by atoms with Gasteiger partial charge in [0.15, 0.2) is 0 Å². The summed E-state index contributed by atoms with van der Waals surface area (Å²) in [6.07, 6.45) is 2.99. The zero-order chi connectivity index (χ0) is 16.9. The van der Waals surface area contributed by atoms with Crippen molar-refractivity contribution in [2.45, 2.75) is 6.92 Å². The molecule has 1 heterocycles. The van der Waals surface area contributed by atoms with Gasteiger partial charge < -0.3 is 10.6 Å². The molecular weight excluding hydrogens is 326 g/mol. The van der Waals surface area contributed by atoms with E-state index in [0.29, 0.717) is 16.4 Å². The molecule has 7 heteroatoms. The van der Waals surface area contributed by atoms with Gasteiger partial charge in [-0.25, -0.2) is 9.67 Å². The first kappa shape index (κ1) is 16.0. The molecule has 6 nitrogen and oxygen atoms in total. The van der Waals surface area contributed by atoms with Crippen LogP contribution in [0.2, 0.25) is 5.02 Å². The first-order valence-electron chi connectivity index (χ1n) is 7.37. The van der Waals surface area contributed by atoms with Crippen LogP contribution in [-0.4, -0.2) is 27.2 Å². The van der Waals surface area contributed by atoms with Crippen LogP contribution in [-0.2, 0) is 4.79 Å². The van der Waals surface area contributed by atoms with E-state index in [2.05, 4.69) is 20.7 Å². The predicted molar refractivity (Wildman–Crippen MR) is 94.7 cm³/mol. The largest absolute Gasteiger partial charge is 0.376 e. The molecule has 0 aliphatic heterocycles. The second-order valence-electron chi connectivity index (χ2n) is 5.27. The molecule has 0 saturated carbocycles. The summed E-state index contributed by atoms with van der Waals surface area (Å²) in [4.78, 5) is 16.2. The fourth-order valence-electron chi connectivity index (χ4n) is 2.27. The van der Waals surface area contributed by atoms with E-state index in [4.69, 9.17) is 11.6 Å². The Kier molecular flexibility index (Phi) is 4.77. The number of halogens is 1. The topological polar surface area (TPSA) is 71.8 Å². The molecule has 0 spiro atoms. The Morgan fingerprint density at radius 3 is 2.88 bits per heavy atom. The standard InChI is InChI=1S/C17H16ClN5O/c1-12-3-2-4-14(7-12)20-9-17(24)22-15-8-13(18)5-6-16(15)23-11-19-10-21-23/h2-8,10-11,20H,9H2,1H3,(H,22,24). The zero-order valence-electron chi connectivity index (χ0n) is 13.0. The van der Waals surface area contributed by atoms with Crippen molar-refractivity contribution >= 4 is 28.9 Å². The van der Waals surface area contributed by atoms with Gasteiger partial charge in [0.1, 0.15) is 12.7 Å². The molecule has 3 rings (SSSR count). The van der Waals surface area contributed by atoms with Gasteiger partial charge in [-0.1, -0.05) is 23.7 Å². The molecule has 2 N–H and O–H groups in total. The van der Waals surface area contributed by atoms with E-state index in [0.717, 1.165) is 11.3 Å². The number of aryl methyl sites for hydroxylation is 1. The highest BCUT2D eigenvalue weighted by atomic mass is 35.5. The molecule has 1 aromatic heterocycles. The van der Waals surface area contributed by atoms with Gasteiger partial charge in [-0.2, -0.15) is 5.10 Å². The lowest BCUT2D eigenvalue weighted by Crippen LogP contribution is -2.22. The summed E-state index contributed by atoms with van der Waals surface area (Å²) in [5, 5.41) is 10.6. The molecule has 2 aromatic carbocycles. The van der Waals surface area contributed by atoms with Gasteiger partial charge in [0.25, 0.3) is 0 Å². The smallest absolute Gasteiger partial charge is 0.243 e. The van der Waals surface area contributed by atoms with Crippen LogP contribution in [0.25, 0.3) is 5.69 Å². The SMILES string of the molecule is Cc1cccc(NCC(=O)Nc2cc(Cl)ccc2-n2cncn2)c1. The summed E-state index contributed by atoms with van der Waals surface area (Å²) in [5.74, 6) is -0.180. The number of nitrogens with one attached hydrogen (secondary N) is 2. The molecule has 122 valence electrons. The van der Waals surface area contributed by atoms with Gasteiger partial charge in [0.2, 0.25) is 5.91 Å². The van der Waals surface area contributed by atoms with Crippen molar-refractivity contribution in [3.63, 3.8) is 0 Å². The Bertz CT molecular complexity index is 848. The van der Waals surface area contributed by atoms with E-state index in [1.807, 2.05) is 31.2 Å². The van der Waals surface area contributed by atoms with Crippen LogP contribution in [0, 0.1) is 6.92 Å². The number of hydrogen-bond donors (Lipinski definition) is 2. The lowest BCUT2D eigenvalue weighted by Gasteiger charge is -2.12. The summed E-state index contributed by atoms with van der Waals surface area (Å²) >= 11 is 6.04. The van der Waals surface area contributed by atoms with E-state index >= 15 is 0 Å². The van der Waals surface area contributed by atoms with E-state index in [9.17, 15) is 4.79 Å². The van der Waals surface area contributed by atoms with Crippen LogP contribution in [0.4, 0.5) is 11.4 Å². The number of nitrogens with zero attached hydrogens (tertiary/aromatic N) is 3. The molecule has 24 heavy (non-hydrogen) atoms. The van der Waals surface area contributed by atoms with Crippen molar-refractivity contribution in [1.82, 2.24) is 14.8 Å². The molecule has 0 radical (unpaired) electrons. The van der Waals surface area contributed by atoms with Crippen LogP contribution < -0.4 is 10.6 Å². The van der Waals surface area contributed by atoms with Crippen molar-refractivity contribution in [3.05, 3.63) is 65.7 Å². The highest BCUT2D eigenvalue weighted by Crippen LogP contribution is 2.23. The van der Waals surface area contributed by atoms with Crippen molar-refractivity contribution in [2.75, 3.05) is 17.2 Å². The number of anilines is 2. The Morgan fingerprint density at radius 1 is 1.25 bits per heavy atom. The van der Waals surface area contributed by atoms with Crippen LogP contribution in [0.1, 0.15) is 5.56 Å². The van der Waals surface area contributed by atoms with Crippen LogP contribution in [0.3, 0.4) is 0 Å². The number of benzene rings is 2. The molecule has 3 aromatic rings. The monoisotopic (exact) mass is 341 g/mol. The molecule has 0 aliphatic rings. The van der Waals surface area contributed by atoms with Crippen molar-refractivity contribution in [1.29, 1.82) is 0 Å². The van der Waals surface area contributed by atoms with Gasteiger partial charge in [-0.05, 0) is 42.8 Å². The van der Waals surface area contributed by atoms with Crippen LogP contribution >= 0.6 is 11.6 Å². The minimum absolute atomic E-state index is 0.146. The minimum Gasteiger partial charge on any atom is -0.376 e. The number of aromatic nitrogens is 3. The maximum atomic E-state index is 12.2. The lowest BCUT2D eigenvalue weighted by atomic mass is 10.2. The number of carbonyl (C=O) groups excluding carboxylic acids is 1. The average Bonchev–Trinajstić information content (AvgIpc) is 3.07. The first-order valence-corrected chi connectivity index (χ1v) is 7.74. The Balaban J connectivity index is 1.71. The summed E-state index contributed by atoms with van der Waals surface area (Å²) in [7, 11) is 0. The van der Waals surface area contributed by atoms with Gasteiger partial charge in [-0.3, -0.25) is 4.79 Å². The van der Waals surface area contributed by atoms with Crippen molar-refractivity contribution < 1.29 is 4.79 Å². The van der Waals surface area contributed by atoms with Gasteiger partial charge in [0.05, 0.1) is 17.9 Å². The van der Waals surface area contributed by atoms with E-state index in [-0.39, 0.29) is 12.5 Å². The number of carbonyl (C=O) groups is 1. The third-order valence-corrected chi connectivity index (χ3v) is 3.60. The summed E-state index contributed by atoms with van der Waals surface area (Å²) in [5.41, 5.74) is 3.29. The van der Waals surface area contributed by atoms with Crippen molar-refractivity contribution in [2.24, 2.45) is 0 Å². The van der Waals surface area contributed by atoms with E-state index in [1.54, 1.807) is 29.2 Å². The molecule has 0 unspecified atom stereocenters. The molecule has 1 amide bonds. The molecule has 0 bridgehead atoms. The van der Waals surface area contributed by atoms with Gasteiger partial charge in [-0.15, -0.1) is 0 Å². The van der Waals surface area contributed by atoms with Crippen LogP contribution in [0.15, 0.2) is 55.1 Å². The maximum Gasteiger partial charge on any atom is 0.243 e. The quantitative estimate of drug-likeness (QED) is 0.747. The molecule has 0 aliphatic carbocycles. The molecule has 0 atom stereocenters. The fourth-order valence-corrected chi connectivity index (χ4v) is 2.44. The summed E-state index contributed by atoms with van der Waals surface area (Å²) in [6.45, 7) is 2.15. The average molecular weight is 342 g/mol. The van der Waals surface area contributed by atoms with Crippen molar-refractivity contribution in [3.8, 4) is 5.69 Å². The Morgan fingerprint density at radius 2 is 2.12 bits per heavy atom. The first-order chi connectivity index (χ1) is 11.6. The van der Waals surface area contributed by atoms with Gasteiger partial charge in [0, 0.05) is 10.7 Å². The number of amides is 1. The normalized spacial score (nSPS) is 10.4. The van der Waals surface area contributed by atoms with E-state index in [1.165, 1.54) is 6.33 Å². The maximum absolute atomic E-state index is 12.2. The minimum atomic E-state index is -0.180. The number of hydrogen-bond acceptors (Lipinski definition) is 4. The fraction of sp³-hybridized carbons (Fsp3) is 0.118. The Labute approximate surface area is 144 Å². The van der Waals surface area contributed by atoms with E-state index < -0.39 is 0 Å². The molecule has 0 saturated heterocycles. The third-order valence-electron chi connectivity index (χ3n) is 3.37. The zero-order valence-corrected chi connectivity index (χ0v) is 13.8. The van der Waals surface area contributed by atoms with Crippen LogP contribution in [0.5, 0.6) is 0 Å².